The molecule has 2 atom stereocenters. The van der Waals surface area contributed by atoms with E-state index in [-0.39, 0.29) is 17.3 Å². The molecule has 2 aliphatic rings. The zero-order valence-electron chi connectivity index (χ0n) is 10.2. The molecule has 1 aromatic carbocycles. The maximum atomic E-state index is 11.8. The highest BCUT2D eigenvalue weighted by molar-refractivity contribution is 7.81. The lowest BCUT2D eigenvalue weighted by molar-refractivity contribution is -0.117. The van der Waals surface area contributed by atoms with Crippen LogP contribution in [0.15, 0.2) is 18.2 Å². The topological polar surface area (TPSA) is 40.5 Å². The number of rotatable bonds is 1. The van der Waals surface area contributed by atoms with E-state index >= 15 is 0 Å². The van der Waals surface area contributed by atoms with E-state index in [4.69, 9.17) is 0 Å². The zero-order chi connectivity index (χ0) is 12.7. The molecule has 0 spiro atoms. The number of anilines is 1. The summed E-state index contributed by atoms with van der Waals surface area (Å²) < 4.78 is 0. The lowest BCUT2D eigenvalue weighted by atomic mass is 9.89. The molecule has 2 unspecified atom stereocenters. The van der Waals surface area contributed by atoms with E-state index in [2.05, 4.69) is 12.6 Å². The predicted molar refractivity (Wildman–Crippen MR) is 74.1 cm³/mol. The number of hydrogen-bond acceptors (Lipinski definition) is 3. The zero-order valence-corrected chi connectivity index (χ0v) is 11.1. The molecule has 0 saturated carbocycles. The molecule has 1 heterocycles. The van der Waals surface area contributed by atoms with Crippen molar-refractivity contribution in [3.63, 3.8) is 0 Å². The standard InChI is InChI=1S/C14H17NO2S/c16-13-3-1-2-9-4-5-10(6-12(9)13)15-8-11(18)7-14(15)17/h4-6,11,13,16,18H,1-3,7-8H2. The molecule has 3 nitrogen and oxygen atoms in total. The van der Waals surface area contributed by atoms with Crippen LogP contribution in [0.3, 0.4) is 0 Å². The molecular weight excluding hydrogens is 246 g/mol. The fraction of sp³-hybridized carbons (Fsp3) is 0.500. The highest BCUT2D eigenvalue weighted by atomic mass is 32.1. The Balaban J connectivity index is 1.94. The molecule has 96 valence electrons. The fourth-order valence-electron chi connectivity index (χ4n) is 2.87. The van der Waals surface area contributed by atoms with Crippen LogP contribution in [0.2, 0.25) is 0 Å². The second kappa shape index (κ2) is 4.59. The second-order valence-corrected chi connectivity index (χ2v) is 5.88. The Hall–Kier alpha value is -1.00. The predicted octanol–water partition coefficient (Wildman–Crippen LogP) is 2.09. The minimum Gasteiger partial charge on any atom is -0.388 e. The molecule has 3 rings (SSSR count). The van der Waals surface area contributed by atoms with Crippen molar-refractivity contribution in [2.45, 2.75) is 37.0 Å². The number of aryl methyl sites for hydroxylation is 1. The summed E-state index contributed by atoms with van der Waals surface area (Å²) in [5, 5.41) is 10.2. The van der Waals surface area contributed by atoms with Crippen molar-refractivity contribution in [1.82, 2.24) is 0 Å². The van der Waals surface area contributed by atoms with E-state index in [0.29, 0.717) is 13.0 Å². The first-order valence-corrected chi connectivity index (χ1v) is 6.96. The van der Waals surface area contributed by atoms with Gasteiger partial charge in [0, 0.05) is 23.9 Å². The Labute approximate surface area is 112 Å². The van der Waals surface area contributed by atoms with Crippen molar-refractivity contribution < 1.29 is 9.90 Å². The molecule has 1 aromatic rings. The maximum Gasteiger partial charge on any atom is 0.228 e. The fourth-order valence-corrected chi connectivity index (χ4v) is 3.19. The quantitative estimate of drug-likeness (QED) is 0.762. The number of benzene rings is 1. The van der Waals surface area contributed by atoms with Crippen molar-refractivity contribution in [2.75, 3.05) is 11.4 Å². The first-order chi connectivity index (χ1) is 8.65. The van der Waals surface area contributed by atoms with Crippen LogP contribution in [0.25, 0.3) is 0 Å². The number of aliphatic hydroxyl groups excluding tert-OH is 1. The van der Waals surface area contributed by atoms with Gasteiger partial charge in [-0.25, -0.2) is 0 Å². The van der Waals surface area contributed by atoms with Gasteiger partial charge in [0.2, 0.25) is 5.91 Å². The average Bonchev–Trinajstić information content (AvgIpc) is 2.69. The third-order valence-electron chi connectivity index (χ3n) is 3.83. The second-order valence-electron chi connectivity index (χ2n) is 5.15. The van der Waals surface area contributed by atoms with E-state index in [1.165, 1.54) is 5.56 Å². The summed E-state index contributed by atoms with van der Waals surface area (Å²) in [7, 11) is 0. The van der Waals surface area contributed by atoms with E-state index in [1.807, 2.05) is 18.2 Å². The van der Waals surface area contributed by atoms with Crippen LogP contribution in [0.5, 0.6) is 0 Å². The summed E-state index contributed by atoms with van der Waals surface area (Å²) >= 11 is 4.37. The molecule has 1 aliphatic heterocycles. The van der Waals surface area contributed by atoms with Gasteiger partial charge >= 0.3 is 0 Å². The minimum atomic E-state index is -0.377. The Kier molecular flexibility index (Phi) is 3.08. The molecule has 18 heavy (non-hydrogen) atoms. The van der Waals surface area contributed by atoms with Gasteiger partial charge in [0.25, 0.3) is 0 Å². The van der Waals surface area contributed by atoms with Gasteiger partial charge in [0.1, 0.15) is 0 Å². The van der Waals surface area contributed by atoms with Crippen LogP contribution in [-0.4, -0.2) is 22.8 Å². The Morgan fingerprint density at radius 2 is 2.22 bits per heavy atom. The van der Waals surface area contributed by atoms with Crippen LogP contribution in [0, 0.1) is 0 Å². The molecule has 1 saturated heterocycles. The number of nitrogens with zero attached hydrogens (tertiary/aromatic N) is 1. The van der Waals surface area contributed by atoms with Gasteiger partial charge in [-0.3, -0.25) is 4.79 Å². The molecular formula is C14H17NO2S. The molecule has 1 amide bonds. The monoisotopic (exact) mass is 263 g/mol. The summed E-state index contributed by atoms with van der Waals surface area (Å²) in [5.74, 6) is 0.125. The summed E-state index contributed by atoms with van der Waals surface area (Å²) in [6.07, 6.45) is 3.01. The highest BCUT2D eigenvalue weighted by Gasteiger charge is 2.29. The number of thiol groups is 1. The summed E-state index contributed by atoms with van der Waals surface area (Å²) in [6.45, 7) is 0.664. The normalized spacial score (nSPS) is 27.4. The van der Waals surface area contributed by atoms with Crippen LogP contribution in [0.4, 0.5) is 5.69 Å². The van der Waals surface area contributed by atoms with Crippen LogP contribution < -0.4 is 4.90 Å². The maximum absolute atomic E-state index is 11.8. The first-order valence-electron chi connectivity index (χ1n) is 6.44. The Morgan fingerprint density at radius 1 is 1.39 bits per heavy atom. The van der Waals surface area contributed by atoms with E-state index in [1.54, 1.807) is 4.90 Å². The van der Waals surface area contributed by atoms with Crippen molar-refractivity contribution >= 4 is 24.2 Å². The van der Waals surface area contributed by atoms with Crippen LogP contribution in [-0.2, 0) is 11.2 Å². The number of amides is 1. The van der Waals surface area contributed by atoms with Crippen molar-refractivity contribution in [2.24, 2.45) is 0 Å². The number of hydrogen-bond donors (Lipinski definition) is 2. The van der Waals surface area contributed by atoms with Crippen molar-refractivity contribution in [3.05, 3.63) is 29.3 Å². The smallest absolute Gasteiger partial charge is 0.228 e. The van der Waals surface area contributed by atoms with Gasteiger partial charge in [-0.1, -0.05) is 6.07 Å². The number of fused-ring (bicyclic) bond motifs is 1. The first kappa shape index (κ1) is 12.1. The molecule has 0 bridgehead atoms. The van der Waals surface area contributed by atoms with Crippen LogP contribution >= 0.6 is 12.6 Å². The Morgan fingerprint density at radius 3 is 2.94 bits per heavy atom. The SMILES string of the molecule is O=C1CC(S)CN1c1ccc2c(c1)C(O)CCC2. The lowest BCUT2D eigenvalue weighted by Gasteiger charge is -2.24. The molecule has 0 aromatic heterocycles. The van der Waals surface area contributed by atoms with Crippen molar-refractivity contribution in [1.29, 1.82) is 0 Å². The molecule has 0 radical (unpaired) electrons. The van der Waals surface area contributed by atoms with Gasteiger partial charge in [0.05, 0.1) is 6.10 Å². The summed E-state index contributed by atoms with van der Waals surface area (Å²) in [4.78, 5) is 13.6. The molecule has 1 N–H and O–H groups in total. The van der Waals surface area contributed by atoms with Gasteiger partial charge in [0.15, 0.2) is 0 Å². The number of carbonyl (C=O) groups is 1. The summed E-state index contributed by atoms with van der Waals surface area (Å²) in [5.41, 5.74) is 3.11. The number of carbonyl (C=O) groups excluding carboxylic acids is 1. The lowest BCUT2D eigenvalue weighted by Crippen LogP contribution is -2.25. The van der Waals surface area contributed by atoms with Crippen molar-refractivity contribution in [3.8, 4) is 0 Å². The van der Waals surface area contributed by atoms with Gasteiger partial charge < -0.3 is 10.0 Å². The van der Waals surface area contributed by atoms with Crippen LogP contribution in [0.1, 0.15) is 36.5 Å². The minimum absolute atomic E-state index is 0.124. The molecule has 1 aliphatic carbocycles. The van der Waals surface area contributed by atoms with Gasteiger partial charge in [-0.15, -0.1) is 0 Å². The highest BCUT2D eigenvalue weighted by Crippen LogP contribution is 2.34. The third-order valence-corrected chi connectivity index (χ3v) is 4.17. The number of aliphatic hydroxyl groups is 1. The van der Waals surface area contributed by atoms with Gasteiger partial charge in [-0.05, 0) is 42.5 Å². The third kappa shape index (κ3) is 2.04. The van der Waals surface area contributed by atoms with E-state index < -0.39 is 0 Å². The largest absolute Gasteiger partial charge is 0.388 e. The average molecular weight is 263 g/mol. The molecule has 1 fully saturated rings. The summed E-state index contributed by atoms with van der Waals surface area (Å²) in [6, 6.07) is 6.01. The molecule has 4 heteroatoms. The van der Waals surface area contributed by atoms with E-state index in [0.717, 1.165) is 30.5 Å². The van der Waals surface area contributed by atoms with Gasteiger partial charge in [-0.2, -0.15) is 12.6 Å². The van der Waals surface area contributed by atoms with E-state index in [9.17, 15) is 9.90 Å². The Bertz CT molecular complexity index is 489.